The summed E-state index contributed by atoms with van der Waals surface area (Å²) in [6.07, 6.45) is 2.57. The lowest BCUT2D eigenvalue weighted by Crippen LogP contribution is -2.36. The van der Waals surface area contributed by atoms with E-state index in [0.717, 1.165) is 17.7 Å². The lowest BCUT2D eigenvalue weighted by Gasteiger charge is -2.29. The van der Waals surface area contributed by atoms with Gasteiger partial charge in [0.05, 0.1) is 0 Å². The molecule has 1 saturated heterocycles. The third-order valence-electron chi connectivity index (χ3n) is 3.06. The van der Waals surface area contributed by atoms with Crippen molar-refractivity contribution >= 4 is 12.6 Å². The fraction of sp³-hybridized carbons (Fsp3) is 1.00. The van der Waals surface area contributed by atoms with Gasteiger partial charge >= 0.3 is 0 Å². The molecule has 2 atom stereocenters. The van der Waals surface area contributed by atoms with Crippen molar-refractivity contribution in [2.45, 2.75) is 18.9 Å². The number of rotatable bonds is 4. The first-order chi connectivity index (χ1) is 6.15. The molecular formula is C10H22N2S. The summed E-state index contributed by atoms with van der Waals surface area (Å²) in [7, 11) is 6.59. The minimum atomic E-state index is 0.724. The predicted molar refractivity (Wildman–Crippen MR) is 61.5 cm³/mol. The van der Waals surface area contributed by atoms with Crippen molar-refractivity contribution in [3.8, 4) is 0 Å². The van der Waals surface area contributed by atoms with Crippen LogP contribution in [0.1, 0.15) is 12.8 Å². The number of hydrogen-bond donors (Lipinski definition) is 1. The zero-order valence-electron chi connectivity index (χ0n) is 9.03. The highest BCUT2D eigenvalue weighted by atomic mass is 32.1. The minimum Gasteiger partial charge on any atom is -0.306 e. The Labute approximate surface area is 87.7 Å². The van der Waals surface area contributed by atoms with Crippen LogP contribution >= 0.6 is 12.6 Å². The van der Waals surface area contributed by atoms with E-state index in [1.807, 2.05) is 0 Å². The molecular weight excluding hydrogens is 180 g/mol. The van der Waals surface area contributed by atoms with Crippen LogP contribution in [0, 0.1) is 5.92 Å². The molecule has 0 aliphatic carbocycles. The summed E-state index contributed by atoms with van der Waals surface area (Å²) in [6.45, 7) is 2.53. The van der Waals surface area contributed by atoms with E-state index in [0.29, 0.717) is 0 Å². The summed E-state index contributed by atoms with van der Waals surface area (Å²) in [6, 6.07) is 0.724. The fourth-order valence-corrected chi connectivity index (χ4v) is 2.60. The molecule has 0 N–H and O–H groups in total. The predicted octanol–water partition coefficient (Wildman–Crippen LogP) is 1.19. The summed E-state index contributed by atoms with van der Waals surface area (Å²) in [5.74, 6) is 1.86. The number of likely N-dealkylation sites (tertiary alicyclic amines) is 1. The van der Waals surface area contributed by atoms with Gasteiger partial charge in [0.25, 0.3) is 0 Å². The average molecular weight is 202 g/mol. The maximum Gasteiger partial charge on any atom is 0.0138 e. The molecule has 78 valence electrons. The highest BCUT2D eigenvalue weighted by molar-refractivity contribution is 7.80. The first-order valence-corrected chi connectivity index (χ1v) is 5.74. The van der Waals surface area contributed by atoms with Crippen molar-refractivity contribution in [2.75, 3.05) is 40.0 Å². The van der Waals surface area contributed by atoms with Gasteiger partial charge in [-0.2, -0.15) is 12.6 Å². The van der Waals surface area contributed by atoms with Crippen LogP contribution in [0.25, 0.3) is 0 Å². The highest BCUT2D eigenvalue weighted by Gasteiger charge is 2.28. The van der Waals surface area contributed by atoms with Crippen LogP contribution in [-0.2, 0) is 0 Å². The molecule has 2 unspecified atom stereocenters. The Hall–Kier alpha value is 0.270. The Kier molecular flexibility index (Phi) is 4.56. The van der Waals surface area contributed by atoms with E-state index in [4.69, 9.17) is 0 Å². The highest BCUT2D eigenvalue weighted by Crippen LogP contribution is 2.23. The van der Waals surface area contributed by atoms with Crippen LogP contribution < -0.4 is 0 Å². The monoisotopic (exact) mass is 202 g/mol. The molecule has 1 aliphatic rings. The molecule has 13 heavy (non-hydrogen) atoms. The van der Waals surface area contributed by atoms with E-state index < -0.39 is 0 Å². The van der Waals surface area contributed by atoms with Gasteiger partial charge in [-0.25, -0.2) is 0 Å². The van der Waals surface area contributed by atoms with Crippen LogP contribution in [0.3, 0.4) is 0 Å². The normalized spacial score (nSPS) is 27.0. The quantitative estimate of drug-likeness (QED) is 0.684. The Morgan fingerprint density at radius 2 is 2.23 bits per heavy atom. The van der Waals surface area contributed by atoms with E-state index in [2.05, 4.69) is 43.6 Å². The Morgan fingerprint density at radius 1 is 1.54 bits per heavy atom. The third-order valence-corrected chi connectivity index (χ3v) is 3.32. The van der Waals surface area contributed by atoms with Crippen LogP contribution in [0.5, 0.6) is 0 Å². The SMILES string of the molecule is CN1CCC(C(CCS)N(C)C)C1. The third kappa shape index (κ3) is 3.15. The van der Waals surface area contributed by atoms with Crippen molar-refractivity contribution in [3.05, 3.63) is 0 Å². The van der Waals surface area contributed by atoms with E-state index in [1.54, 1.807) is 0 Å². The van der Waals surface area contributed by atoms with Gasteiger partial charge in [0, 0.05) is 12.6 Å². The maximum absolute atomic E-state index is 4.33. The van der Waals surface area contributed by atoms with Crippen molar-refractivity contribution in [1.29, 1.82) is 0 Å². The number of thiol groups is 1. The molecule has 1 fully saturated rings. The summed E-state index contributed by atoms with van der Waals surface area (Å²) < 4.78 is 0. The second kappa shape index (κ2) is 5.23. The Bertz CT molecular complexity index is 150. The van der Waals surface area contributed by atoms with E-state index in [9.17, 15) is 0 Å². The average Bonchev–Trinajstić information content (AvgIpc) is 2.46. The van der Waals surface area contributed by atoms with Gasteiger partial charge in [-0.05, 0) is 52.2 Å². The molecule has 2 nitrogen and oxygen atoms in total. The molecule has 1 aliphatic heterocycles. The zero-order valence-corrected chi connectivity index (χ0v) is 9.93. The standard InChI is InChI=1S/C10H22N2S/c1-11(2)10(5-7-13)9-4-6-12(3)8-9/h9-10,13H,4-8H2,1-3H3. The van der Waals surface area contributed by atoms with Gasteiger partial charge in [-0.3, -0.25) is 0 Å². The molecule has 1 rings (SSSR count). The lowest BCUT2D eigenvalue weighted by molar-refractivity contribution is 0.205. The summed E-state index contributed by atoms with van der Waals surface area (Å²) >= 11 is 4.33. The second-order valence-corrected chi connectivity index (χ2v) is 4.80. The van der Waals surface area contributed by atoms with Gasteiger partial charge in [-0.1, -0.05) is 0 Å². The van der Waals surface area contributed by atoms with Crippen LogP contribution in [0.15, 0.2) is 0 Å². The summed E-state index contributed by atoms with van der Waals surface area (Å²) in [5.41, 5.74) is 0. The van der Waals surface area contributed by atoms with Crippen LogP contribution in [-0.4, -0.2) is 55.8 Å². The second-order valence-electron chi connectivity index (χ2n) is 4.35. The molecule has 1 heterocycles. The number of nitrogens with zero attached hydrogens (tertiary/aromatic N) is 2. The molecule has 0 aromatic carbocycles. The van der Waals surface area contributed by atoms with E-state index >= 15 is 0 Å². The Morgan fingerprint density at radius 3 is 2.62 bits per heavy atom. The van der Waals surface area contributed by atoms with Crippen molar-refractivity contribution in [3.63, 3.8) is 0 Å². The fourth-order valence-electron chi connectivity index (χ4n) is 2.33. The lowest BCUT2D eigenvalue weighted by atomic mass is 9.96. The molecule has 3 heteroatoms. The van der Waals surface area contributed by atoms with Crippen LogP contribution in [0.4, 0.5) is 0 Å². The first-order valence-electron chi connectivity index (χ1n) is 5.11. The number of hydrogen-bond acceptors (Lipinski definition) is 3. The minimum absolute atomic E-state index is 0.724. The van der Waals surface area contributed by atoms with Crippen molar-refractivity contribution in [1.82, 2.24) is 9.80 Å². The molecule has 0 aromatic rings. The van der Waals surface area contributed by atoms with Gasteiger partial charge < -0.3 is 9.80 Å². The van der Waals surface area contributed by atoms with Crippen molar-refractivity contribution in [2.24, 2.45) is 5.92 Å². The largest absolute Gasteiger partial charge is 0.306 e. The van der Waals surface area contributed by atoms with Gasteiger partial charge in [-0.15, -0.1) is 0 Å². The molecule has 0 radical (unpaired) electrons. The topological polar surface area (TPSA) is 6.48 Å². The summed E-state index contributed by atoms with van der Waals surface area (Å²) in [4.78, 5) is 4.79. The molecule has 0 saturated carbocycles. The van der Waals surface area contributed by atoms with Crippen LogP contribution in [0.2, 0.25) is 0 Å². The van der Waals surface area contributed by atoms with E-state index in [-0.39, 0.29) is 0 Å². The Balaban J connectivity index is 2.44. The van der Waals surface area contributed by atoms with Crippen molar-refractivity contribution < 1.29 is 0 Å². The first kappa shape index (κ1) is 11.3. The van der Waals surface area contributed by atoms with E-state index in [1.165, 1.54) is 25.9 Å². The van der Waals surface area contributed by atoms with Gasteiger partial charge in [0.1, 0.15) is 0 Å². The molecule has 0 spiro atoms. The smallest absolute Gasteiger partial charge is 0.0138 e. The van der Waals surface area contributed by atoms with Gasteiger partial charge in [0.15, 0.2) is 0 Å². The molecule has 0 amide bonds. The molecule has 0 aromatic heterocycles. The summed E-state index contributed by atoms with van der Waals surface area (Å²) in [5, 5.41) is 0. The maximum atomic E-state index is 4.33. The zero-order chi connectivity index (χ0) is 9.84. The molecule has 0 bridgehead atoms. The van der Waals surface area contributed by atoms with Gasteiger partial charge in [0.2, 0.25) is 0 Å².